The van der Waals surface area contributed by atoms with Gasteiger partial charge in [-0.2, -0.15) is 11.8 Å². The predicted molar refractivity (Wildman–Crippen MR) is 135 cm³/mol. The zero-order valence-electron chi connectivity index (χ0n) is 18.4. The molecule has 172 valence electrons. The third-order valence-corrected chi connectivity index (χ3v) is 5.96. The molecule has 0 aliphatic heterocycles. The second-order valence-corrected chi connectivity index (χ2v) is 8.82. The van der Waals surface area contributed by atoms with Gasteiger partial charge in [-0.05, 0) is 53.8 Å². The van der Waals surface area contributed by atoms with Crippen molar-refractivity contribution in [2.75, 3.05) is 12.0 Å². The molecule has 2 N–H and O–H groups in total. The van der Waals surface area contributed by atoms with Crippen molar-refractivity contribution in [2.45, 2.75) is 25.6 Å². The average molecular weight is 483 g/mol. The Bertz CT molecular complexity index is 1040. The number of ether oxygens (including phenoxy) is 1. The van der Waals surface area contributed by atoms with Crippen LogP contribution >= 0.6 is 23.4 Å². The molecule has 0 aliphatic rings. The molecule has 1 atom stereocenters. The highest BCUT2D eigenvalue weighted by molar-refractivity contribution is 7.98. The first-order valence-corrected chi connectivity index (χ1v) is 12.4. The van der Waals surface area contributed by atoms with Gasteiger partial charge >= 0.3 is 0 Å². The number of benzene rings is 3. The highest BCUT2D eigenvalue weighted by atomic mass is 35.5. The van der Waals surface area contributed by atoms with E-state index < -0.39 is 6.04 Å². The quantitative estimate of drug-likeness (QED) is 0.399. The van der Waals surface area contributed by atoms with Crippen molar-refractivity contribution in [3.8, 4) is 5.75 Å². The Kier molecular flexibility index (Phi) is 9.66. The lowest BCUT2D eigenvalue weighted by Crippen LogP contribution is -2.47. The Balaban J connectivity index is 1.53. The van der Waals surface area contributed by atoms with E-state index in [2.05, 4.69) is 10.6 Å². The first-order chi connectivity index (χ1) is 16.1. The average Bonchev–Trinajstić information content (AvgIpc) is 2.85. The van der Waals surface area contributed by atoms with E-state index in [0.29, 0.717) is 30.2 Å². The van der Waals surface area contributed by atoms with E-state index in [-0.39, 0.29) is 11.8 Å². The van der Waals surface area contributed by atoms with Gasteiger partial charge < -0.3 is 15.4 Å². The van der Waals surface area contributed by atoms with E-state index in [0.717, 1.165) is 22.6 Å². The molecule has 0 aliphatic carbocycles. The summed E-state index contributed by atoms with van der Waals surface area (Å²) in [4.78, 5) is 25.4. The van der Waals surface area contributed by atoms with Crippen molar-refractivity contribution < 1.29 is 14.3 Å². The zero-order valence-corrected chi connectivity index (χ0v) is 20.0. The second kappa shape index (κ2) is 12.9. The van der Waals surface area contributed by atoms with Crippen molar-refractivity contribution in [1.29, 1.82) is 0 Å². The summed E-state index contributed by atoms with van der Waals surface area (Å²) in [5.74, 6) is 0.992. The van der Waals surface area contributed by atoms with Crippen LogP contribution in [0.2, 0.25) is 5.02 Å². The minimum Gasteiger partial charge on any atom is -0.489 e. The summed E-state index contributed by atoms with van der Waals surface area (Å²) in [7, 11) is 0. The molecule has 0 spiro atoms. The van der Waals surface area contributed by atoms with E-state index in [9.17, 15) is 9.59 Å². The van der Waals surface area contributed by atoms with Gasteiger partial charge in [-0.15, -0.1) is 0 Å². The molecule has 0 heterocycles. The van der Waals surface area contributed by atoms with Gasteiger partial charge in [0.05, 0.1) is 10.6 Å². The summed E-state index contributed by atoms with van der Waals surface area (Å²) in [6.07, 6.45) is 2.49. The van der Waals surface area contributed by atoms with Crippen molar-refractivity contribution >= 4 is 35.2 Å². The summed E-state index contributed by atoms with van der Waals surface area (Å²) < 4.78 is 5.76. The standard InChI is InChI=1S/C26H27ClN2O3S/c1-33-16-15-24(29-25(30)22-9-5-6-10-23(22)27)26(31)28-17-19-11-13-20(14-12-19)18-32-21-7-3-2-4-8-21/h2-14,24H,15-18H2,1H3,(H,28,31)(H,29,30). The second-order valence-electron chi connectivity index (χ2n) is 7.42. The molecular weight excluding hydrogens is 456 g/mol. The molecule has 3 aromatic carbocycles. The lowest BCUT2D eigenvalue weighted by atomic mass is 10.1. The molecule has 3 aromatic rings. The molecule has 0 aromatic heterocycles. The monoisotopic (exact) mass is 482 g/mol. The van der Waals surface area contributed by atoms with Gasteiger partial charge in [0.1, 0.15) is 18.4 Å². The summed E-state index contributed by atoms with van der Waals surface area (Å²) >= 11 is 7.75. The summed E-state index contributed by atoms with van der Waals surface area (Å²) in [6.45, 7) is 0.845. The van der Waals surface area contributed by atoms with Crippen LogP contribution in [0, 0.1) is 0 Å². The summed E-state index contributed by atoms with van der Waals surface area (Å²) in [5, 5.41) is 6.11. The predicted octanol–water partition coefficient (Wildman–Crippen LogP) is 5.09. The van der Waals surface area contributed by atoms with Gasteiger partial charge in [-0.25, -0.2) is 0 Å². The van der Waals surface area contributed by atoms with Crippen LogP contribution in [0.3, 0.4) is 0 Å². The zero-order chi connectivity index (χ0) is 23.5. The molecule has 0 fully saturated rings. The van der Waals surface area contributed by atoms with Crippen LogP contribution in [0.1, 0.15) is 27.9 Å². The van der Waals surface area contributed by atoms with Crippen molar-refractivity contribution in [1.82, 2.24) is 10.6 Å². The Morgan fingerprint density at radius 2 is 1.61 bits per heavy atom. The number of para-hydroxylation sites is 1. The van der Waals surface area contributed by atoms with Crippen molar-refractivity contribution in [3.63, 3.8) is 0 Å². The van der Waals surface area contributed by atoms with Crippen LogP contribution in [0.5, 0.6) is 5.75 Å². The number of rotatable bonds is 11. The van der Waals surface area contributed by atoms with Crippen LogP contribution < -0.4 is 15.4 Å². The first kappa shape index (κ1) is 24.7. The number of carbonyl (C=O) groups excluding carboxylic acids is 2. The largest absolute Gasteiger partial charge is 0.489 e. The SMILES string of the molecule is CSCCC(NC(=O)c1ccccc1Cl)C(=O)NCc1ccc(COc2ccccc2)cc1. The molecule has 1 unspecified atom stereocenters. The molecular formula is C26H27ClN2O3S. The Morgan fingerprint density at radius 1 is 0.939 bits per heavy atom. The van der Waals surface area contributed by atoms with E-state index in [4.69, 9.17) is 16.3 Å². The molecule has 7 heteroatoms. The van der Waals surface area contributed by atoms with Crippen LogP contribution in [-0.2, 0) is 17.9 Å². The number of halogens is 1. The van der Waals surface area contributed by atoms with Gasteiger partial charge in [0.25, 0.3) is 5.91 Å². The maximum atomic E-state index is 12.8. The van der Waals surface area contributed by atoms with Crippen molar-refractivity contribution in [3.05, 3.63) is 101 Å². The molecule has 5 nitrogen and oxygen atoms in total. The van der Waals surface area contributed by atoms with Crippen LogP contribution in [0.4, 0.5) is 0 Å². The van der Waals surface area contributed by atoms with Crippen LogP contribution in [-0.4, -0.2) is 29.9 Å². The maximum absolute atomic E-state index is 12.8. The van der Waals surface area contributed by atoms with Crippen LogP contribution in [0.25, 0.3) is 0 Å². The Hall–Kier alpha value is -2.96. The highest BCUT2D eigenvalue weighted by Crippen LogP contribution is 2.16. The number of nitrogens with one attached hydrogen (secondary N) is 2. The molecule has 0 saturated carbocycles. The third-order valence-electron chi connectivity index (χ3n) is 4.99. The molecule has 0 radical (unpaired) electrons. The van der Waals surface area contributed by atoms with Gasteiger partial charge in [-0.1, -0.05) is 66.2 Å². The van der Waals surface area contributed by atoms with Gasteiger partial charge in [0, 0.05) is 6.54 Å². The summed E-state index contributed by atoms with van der Waals surface area (Å²) in [6, 6.07) is 23.7. The topological polar surface area (TPSA) is 67.4 Å². The van der Waals surface area contributed by atoms with E-state index in [1.165, 1.54) is 0 Å². The van der Waals surface area contributed by atoms with E-state index >= 15 is 0 Å². The molecule has 0 saturated heterocycles. The lowest BCUT2D eigenvalue weighted by molar-refractivity contribution is -0.123. The summed E-state index contributed by atoms with van der Waals surface area (Å²) in [5.41, 5.74) is 2.36. The number of amides is 2. The maximum Gasteiger partial charge on any atom is 0.253 e. The minimum atomic E-state index is -0.639. The normalized spacial score (nSPS) is 11.5. The Morgan fingerprint density at radius 3 is 2.30 bits per heavy atom. The number of thioether (sulfide) groups is 1. The van der Waals surface area contributed by atoms with Crippen molar-refractivity contribution in [2.24, 2.45) is 0 Å². The van der Waals surface area contributed by atoms with Gasteiger partial charge in [0.15, 0.2) is 0 Å². The fourth-order valence-electron chi connectivity index (χ4n) is 3.13. The van der Waals surface area contributed by atoms with E-state index in [1.54, 1.807) is 36.0 Å². The fraction of sp³-hybridized carbons (Fsp3) is 0.231. The van der Waals surface area contributed by atoms with E-state index in [1.807, 2.05) is 60.9 Å². The lowest BCUT2D eigenvalue weighted by Gasteiger charge is -2.19. The smallest absolute Gasteiger partial charge is 0.253 e. The van der Waals surface area contributed by atoms with Gasteiger partial charge in [-0.3, -0.25) is 9.59 Å². The van der Waals surface area contributed by atoms with Gasteiger partial charge in [0.2, 0.25) is 5.91 Å². The Labute approximate surface area is 203 Å². The highest BCUT2D eigenvalue weighted by Gasteiger charge is 2.22. The molecule has 0 bridgehead atoms. The number of carbonyl (C=O) groups is 2. The number of hydrogen-bond donors (Lipinski definition) is 2. The minimum absolute atomic E-state index is 0.221. The molecule has 33 heavy (non-hydrogen) atoms. The molecule has 3 rings (SSSR count). The first-order valence-electron chi connectivity index (χ1n) is 10.6. The third kappa shape index (κ3) is 7.84. The number of hydrogen-bond acceptors (Lipinski definition) is 4. The van der Waals surface area contributed by atoms with Crippen LogP contribution in [0.15, 0.2) is 78.9 Å². The molecule has 2 amide bonds. The fourth-order valence-corrected chi connectivity index (χ4v) is 3.83.